The van der Waals surface area contributed by atoms with Crippen LogP contribution in [0.5, 0.6) is 11.5 Å². The molecule has 2 aromatic carbocycles. The number of hydrogen-bond acceptors (Lipinski definition) is 5. The molecule has 1 heterocycles. The number of benzene rings is 2. The molecule has 0 saturated carbocycles. The Labute approximate surface area is 115 Å². The van der Waals surface area contributed by atoms with Crippen LogP contribution in [-0.2, 0) is 6.54 Å². The Morgan fingerprint density at radius 2 is 2.00 bits per heavy atom. The maximum absolute atomic E-state index is 10.9. The smallest absolute Gasteiger partial charge is 0.292 e. The molecule has 0 aromatic heterocycles. The fourth-order valence-corrected chi connectivity index (χ4v) is 2.10. The van der Waals surface area contributed by atoms with E-state index in [1.165, 1.54) is 6.07 Å². The monoisotopic (exact) mass is 272 g/mol. The largest absolute Gasteiger partial charge is 0.454 e. The van der Waals surface area contributed by atoms with E-state index in [4.69, 9.17) is 9.47 Å². The summed E-state index contributed by atoms with van der Waals surface area (Å²) in [5, 5.41) is 14.0. The van der Waals surface area contributed by atoms with Gasteiger partial charge in [0.05, 0.1) is 4.92 Å². The van der Waals surface area contributed by atoms with E-state index in [0.717, 1.165) is 5.56 Å². The van der Waals surface area contributed by atoms with Gasteiger partial charge in [-0.05, 0) is 12.1 Å². The van der Waals surface area contributed by atoms with Gasteiger partial charge in [-0.25, -0.2) is 0 Å². The van der Waals surface area contributed by atoms with Crippen molar-refractivity contribution in [2.75, 3.05) is 12.1 Å². The zero-order chi connectivity index (χ0) is 13.9. The molecule has 0 unspecified atom stereocenters. The molecular formula is C14H12N2O4. The number of anilines is 1. The predicted octanol–water partition coefficient (Wildman–Crippen LogP) is 2.94. The van der Waals surface area contributed by atoms with Crippen LogP contribution in [0, 0.1) is 10.1 Å². The van der Waals surface area contributed by atoms with Crippen molar-refractivity contribution in [3.63, 3.8) is 0 Å². The molecule has 6 nitrogen and oxygen atoms in total. The second-order valence-corrected chi connectivity index (χ2v) is 4.28. The highest BCUT2D eigenvalue weighted by Crippen LogP contribution is 2.36. The first-order chi connectivity index (χ1) is 9.75. The van der Waals surface area contributed by atoms with Crippen molar-refractivity contribution in [2.24, 2.45) is 0 Å². The summed E-state index contributed by atoms with van der Waals surface area (Å²) < 4.78 is 10.7. The molecule has 0 bridgehead atoms. The molecule has 0 amide bonds. The summed E-state index contributed by atoms with van der Waals surface area (Å²) in [5.74, 6) is 1.39. The Kier molecular flexibility index (Phi) is 3.12. The molecule has 1 N–H and O–H groups in total. The zero-order valence-corrected chi connectivity index (χ0v) is 10.5. The molecule has 6 heteroatoms. The number of nitrogens with zero attached hydrogens (tertiary/aromatic N) is 1. The normalized spacial score (nSPS) is 12.2. The summed E-state index contributed by atoms with van der Waals surface area (Å²) in [6.45, 7) is 0.634. The van der Waals surface area contributed by atoms with Crippen molar-refractivity contribution in [1.29, 1.82) is 0 Å². The van der Waals surface area contributed by atoms with Crippen molar-refractivity contribution >= 4 is 11.4 Å². The number of nitrogens with one attached hydrogen (secondary N) is 1. The van der Waals surface area contributed by atoms with Crippen molar-refractivity contribution in [1.82, 2.24) is 0 Å². The SMILES string of the molecule is O=[N+]([O-])c1ccccc1NCc1cccc2c1OCO2. The number of fused-ring (bicyclic) bond motifs is 1. The van der Waals surface area contributed by atoms with Crippen LogP contribution in [0.15, 0.2) is 42.5 Å². The Bertz CT molecular complexity index is 657. The maximum atomic E-state index is 10.9. The Morgan fingerprint density at radius 1 is 1.15 bits per heavy atom. The molecule has 0 fully saturated rings. The van der Waals surface area contributed by atoms with Gasteiger partial charge in [0.15, 0.2) is 11.5 Å². The summed E-state index contributed by atoms with van der Waals surface area (Å²) in [6.07, 6.45) is 0. The maximum Gasteiger partial charge on any atom is 0.292 e. The first-order valence-electron chi connectivity index (χ1n) is 6.10. The lowest BCUT2D eigenvalue weighted by atomic mass is 10.1. The van der Waals surface area contributed by atoms with Gasteiger partial charge in [-0.15, -0.1) is 0 Å². The minimum Gasteiger partial charge on any atom is -0.454 e. The second-order valence-electron chi connectivity index (χ2n) is 4.28. The van der Waals surface area contributed by atoms with Crippen LogP contribution in [0.2, 0.25) is 0 Å². The second kappa shape index (κ2) is 5.08. The summed E-state index contributed by atoms with van der Waals surface area (Å²) in [5.41, 5.74) is 1.43. The topological polar surface area (TPSA) is 73.6 Å². The molecule has 102 valence electrons. The van der Waals surface area contributed by atoms with Gasteiger partial charge in [-0.1, -0.05) is 24.3 Å². The van der Waals surface area contributed by atoms with Crippen LogP contribution in [0.4, 0.5) is 11.4 Å². The van der Waals surface area contributed by atoms with E-state index >= 15 is 0 Å². The molecule has 2 aromatic rings. The minimum atomic E-state index is -0.405. The van der Waals surface area contributed by atoms with Gasteiger partial charge in [0.1, 0.15) is 5.69 Å². The van der Waals surface area contributed by atoms with Gasteiger partial charge in [0, 0.05) is 18.2 Å². The lowest BCUT2D eigenvalue weighted by Gasteiger charge is -2.09. The van der Waals surface area contributed by atoms with Crippen LogP contribution < -0.4 is 14.8 Å². The Hall–Kier alpha value is -2.76. The van der Waals surface area contributed by atoms with Gasteiger partial charge in [-0.2, -0.15) is 0 Å². The van der Waals surface area contributed by atoms with E-state index < -0.39 is 4.92 Å². The third-order valence-corrected chi connectivity index (χ3v) is 3.05. The third kappa shape index (κ3) is 2.23. The molecule has 0 atom stereocenters. The van der Waals surface area contributed by atoms with E-state index in [1.54, 1.807) is 18.2 Å². The highest BCUT2D eigenvalue weighted by atomic mass is 16.7. The number of nitro benzene ring substituents is 1. The lowest BCUT2D eigenvalue weighted by Crippen LogP contribution is -2.03. The summed E-state index contributed by atoms with van der Waals surface area (Å²) >= 11 is 0. The lowest BCUT2D eigenvalue weighted by molar-refractivity contribution is -0.384. The predicted molar refractivity (Wildman–Crippen MR) is 73.0 cm³/mol. The molecule has 3 rings (SSSR count). The molecule has 1 aliphatic rings. The summed E-state index contributed by atoms with van der Waals surface area (Å²) in [7, 11) is 0. The van der Waals surface area contributed by atoms with Gasteiger partial charge in [0.2, 0.25) is 6.79 Å². The Morgan fingerprint density at radius 3 is 2.85 bits per heavy atom. The van der Waals surface area contributed by atoms with Gasteiger partial charge in [-0.3, -0.25) is 10.1 Å². The standard InChI is InChI=1S/C14H12N2O4/c17-16(18)12-6-2-1-5-11(12)15-8-10-4-3-7-13-14(10)20-9-19-13/h1-7,15H,8-9H2. The molecule has 0 saturated heterocycles. The number of hydrogen-bond donors (Lipinski definition) is 1. The molecular weight excluding hydrogens is 260 g/mol. The fraction of sp³-hybridized carbons (Fsp3) is 0.143. The van der Waals surface area contributed by atoms with Gasteiger partial charge < -0.3 is 14.8 Å². The van der Waals surface area contributed by atoms with Crippen LogP contribution in [0.1, 0.15) is 5.56 Å². The minimum absolute atomic E-state index is 0.0530. The van der Waals surface area contributed by atoms with E-state index in [1.807, 2.05) is 18.2 Å². The summed E-state index contributed by atoms with van der Waals surface area (Å²) in [6, 6.07) is 12.1. The van der Waals surface area contributed by atoms with Crippen LogP contribution >= 0.6 is 0 Å². The number of para-hydroxylation sites is 3. The zero-order valence-electron chi connectivity index (χ0n) is 10.5. The number of ether oxygens (including phenoxy) is 2. The highest BCUT2D eigenvalue weighted by Gasteiger charge is 2.18. The fourth-order valence-electron chi connectivity index (χ4n) is 2.10. The number of rotatable bonds is 4. The average Bonchev–Trinajstić information content (AvgIpc) is 2.94. The van der Waals surface area contributed by atoms with Crippen molar-refractivity contribution in [3.8, 4) is 11.5 Å². The van der Waals surface area contributed by atoms with Crippen LogP contribution in [0.3, 0.4) is 0 Å². The van der Waals surface area contributed by atoms with Crippen molar-refractivity contribution in [3.05, 3.63) is 58.1 Å². The van der Waals surface area contributed by atoms with E-state index in [2.05, 4.69) is 5.32 Å². The molecule has 0 spiro atoms. The average molecular weight is 272 g/mol. The molecule has 0 radical (unpaired) electrons. The first kappa shape index (κ1) is 12.3. The third-order valence-electron chi connectivity index (χ3n) is 3.05. The molecule has 20 heavy (non-hydrogen) atoms. The Balaban J connectivity index is 1.81. The van der Waals surface area contributed by atoms with Crippen molar-refractivity contribution < 1.29 is 14.4 Å². The van der Waals surface area contributed by atoms with Crippen LogP contribution in [0.25, 0.3) is 0 Å². The van der Waals surface area contributed by atoms with Gasteiger partial charge >= 0.3 is 0 Å². The summed E-state index contributed by atoms with van der Waals surface area (Å²) in [4.78, 5) is 10.5. The van der Waals surface area contributed by atoms with E-state index in [0.29, 0.717) is 23.7 Å². The van der Waals surface area contributed by atoms with Crippen molar-refractivity contribution in [2.45, 2.75) is 6.54 Å². The van der Waals surface area contributed by atoms with Crippen LogP contribution in [-0.4, -0.2) is 11.7 Å². The highest BCUT2D eigenvalue weighted by molar-refractivity contribution is 5.61. The van der Waals surface area contributed by atoms with E-state index in [9.17, 15) is 10.1 Å². The first-order valence-corrected chi connectivity index (χ1v) is 6.10. The molecule has 0 aliphatic carbocycles. The number of nitro groups is 1. The quantitative estimate of drug-likeness (QED) is 0.684. The molecule has 1 aliphatic heterocycles. The van der Waals surface area contributed by atoms with Gasteiger partial charge in [0.25, 0.3) is 5.69 Å². The van der Waals surface area contributed by atoms with E-state index in [-0.39, 0.29) is 12.5 Å².